The summed E-state index contributed by atoms with van der Waals surface area (Å²) in [5.41, 5.74) is 0.989. The van der Waals surface area contributed by atoms with Crippen molar-refractivity contribution in [3.63, 3.8) is 0 Å². The molecule has 2 heterocycles. The zero-order chi connectivity index (χ0) is 22.0. The summed E-state index contributed by atoms with van der Waals surface area (Å²) in [6.45, 7) is -0.531. The average Bonchev–Trinajstić information content (AvgIpc) is 3.21. The van der Waals surface area contributed by atoms with Gasteiger partial charge in [0.15, 0.2) is 17.3 Å². The molecule has 0 aliphatic carbocycles. The van der Waals surface area contributed by atoms with Gasteiger partial charge in [0.1, 0.15) is 10.9 Å². The summed E-state index contributed by atoms with van der Waals surface area (Å²) in [4.78, 5) is 40.4. The molecule has 8 nitrogen and oxygen atoms in total. The number of Topliss-reactive ketones (excluding diaryl/α,β-unsaturated/α-hetero) is 1. The van der Waals surface area contributed by atoms with Crippen LogP contribution in [0, 0.1) is 0 Å². The smallest absolute Gasteiger partial charge is 0.266 e. The first-order valence-electron chi connectivity index (χ1n) is 8.83. The van der Waals surface area contributed by atoms with E-state index in [4.69, 9.17) is 12.2 Å². The molecule has 0 atom stereocenters. The lowest BCUT2D eigenvalue weighted by Crippen LogP contribution is -2.42. The second-order valence-electron chi connectivity index (χ2n) is 6.69. The van der Waals surface area contributed by atoms with Crippen molar-refractivity contribution in [3.05, 3.63) is 52.7 Å². The van der Waals surface area contributed by atoms with E-state index in [0.29, 0.717) is 4.91 Å². The van der Waals surface area contributed by atoms with E-state index >= 15 is 0 Å². The first kappa shape index (κ1) is 21.6. The first-order chi connectivity index (χ1) is 14.2. The van der Waals surface area contributed by atoms with E-state index < -0.39 is 17.4 Å². The lowest BCUT2D eigenvalue weighted by molar-refractivity contribution is -0.134. The van der Waals surface area contributed by atoms with E-state index in [-0.39, 0.29) is 34.6 Å². The fourth-order valence-electron chi connectivity index (χ4n) is 2.74. The van der Waals surface area contributed by atoms with Crippen molar-refractivity contribution >= 4 is 52.0 Å². The van der Waals surface area contributed by atoms with Crippen LogP contribution in [-0.4, -0.2) is 66.6 Å². The Balaban J connectivity index is 1.64. The molecular weight excluding hydrogens is 426 g/mol. The second kappa shape index (κ2) is 8.72. The second-order valence-corrected chi connectivity index (χ2v) is 8.36. The number of carbonyl (C=O) groups excluding carboxylic acids is 3. The number of aromatic nitrogens is 1. The maximum absolute atomic E-state index is 12.7. The topological polar surface area (TPSA) is 103 Å². The number of ketones is 1. The van der Waals surface area contributed by atoms with Gasteiger partial charge in [0.2, 0.25) is 5.91 Å². The van der Waals surface area contributed by atoms with Crippen LogP contribution >= 0.6 is 24.0 Å². The Morgan fingerprint density at radius 1 is 1.23 bits per heavy atom. The number of phenolic OH excluding ortho intramolecular Hbond substituents is 2. The molecule has 1 fully saturated rings. The minimum Gasteiger partial charge on any atom is -0.504 e. The molecule has 0 bridgehead atoms. The fraction of sp³-hybridized carbons (Fsp3) is 0.200. The number of rotatable bonds is 6. The highest BCUT2D eigenvalue weighted by atomic mass is 32.2. The Labute approximate surface area is 182 Å². The number of nitrogens with zero attached hydrogens (tertiary/aromatic N) is 3. The highest BCUT2D eigenvalue weighted by Crippen LogP contribution is 2.32. The van der Waals surface area contributed by atoms with Crippen LogP contribution in [0.15, 0.2) is 41.4 Å². The normalized spacial score (nSPS) is 15.1. The lowest BCUT2D eigenvalue weighted by atomic mass is 10.1. The van der Waals surface area contributed by atoms with Crippen molar-refractivity contribution in [1.82, 2.24) is 14.4 Å². The fourth-order valence-corrected chi connectivity index (χ4v) is 3.98. The number of hydrogen-bond donors (Lipinski definition) is 2. The molecule has 156 valence electrons. The number of aromatic hydroxyl groups is 2. The highest BCUT2D eigenvalue weighted by molar-refractivity contribution is 8.26. The van der Waals surface area contributed by atoms with Gasteiger partial charge in [-0.3, -0.25) is 19.3 Å². The Kier molecular flexibility index (Phi) is 6.28. The molecular formula is C20H19N3O5S2. The van der Waals surface area contributed by atoms with Crippen molar-refractivity contribution in [2.45, 2.75) is 0 Å². The zero-order valence-corrected chi connectivity index (χ0v) is 17.9. The molecule has 2 amide bonds. The number of benzene rings is 1. The predicted octanol–water partition coefficient (Wildman–Crippen LogP) is 1.98. The van der Waals surface area contributed by atoms with Crippen molar-refractivity contribution in [2.24, 2.45) is 7.05 Å². The molecule has 1 aromatic carbocycles. The van der Waals surface area contributed by atoms with Crippen LogP contribution in [0.4, 0.5) is 0 Å². The number of carbonyl (C=O) groups is 3. The molecule has 1 aliphatic heterocycles. The summed E-state index contributed by atoms with van der Waals surface area (Å²) < 4.78 is 2.13. The van der Waals surface area contributed by atoms with E-state index in [9.17, 15) is 24.6 Å². The summed E-state index contributed by atoms with van der Waals surface area (Å²) in [5.74, 6) is -1.99. The van der Waals surface area contributed by atoms with Gasteiger partial charge in [0.25, 0.3) is 5.91 Å². The Bertz CT molecular complexity index is 1080. The molecule has 10 heteroatoms. The van der Waals surface area contributed by atoms with Crippen molar-refractivity contribution in [1.29, 1.82) is 0 Å². The predicted molar refractivity (Wildman–Crippen MR) is 117 cm³/mol. The first-order valence-corrected chi connectivity index (χ1v) is 10.1. The molecule has 0 unspecified atom stereocenters. The quantitative estimate of drug-likeness (QED) is 0.303. The van der Waals surface area contributed by atoms with Gasteiger partial charge < -0.3 is 19.7 Å². The number of amides is 2. The third-order valence-electron chi connectivity index (χ3n) is 4.53. The van der Waals surface area contributed by atoms with Crippen LogP contribution in [0.1, 0.15) is 16.1 Å². The average molecular weight is 446 g/mol. The van der Waals surface area contributed by atoms with Crippen LogP contribution in [0.5, 0.6) is 11.5 Å². The molecule has 0 saturated carbocycles. The van der Waals surface area contributed by atoms with E-state index in [0.717, 1.165) is 23.5 Å². The van der Waals surface area contributed by atoms with Gasteiger partial charge in [0, 0.05) is 31.5 Å². The van der Waals surface area contributed by atoms with E-state index in [1.165, 1.54) is 29.0 Å². The van der Waals surface area contributed by atoms with Crippen molar-refractivity contribution in [2.75, 3.05) is 20.1 Å². The van der Waals surface area contributed by atoms with E-state index in [2.05, 4.69) is 0 Å². The van der Waals surface area contributed by atoms with Gasteiger partial charge in [-0.2, -0.15) is 0 Å². The summed E-state index contributed by atoms with van der Waals surface area (Å²) in [6.07, 6.45) is 3.57. The maximum atomic E-state index is 12.7. The van der Waals surface area contributed by atoms with Crippen molar-refractivity contribution in [3.8, 4) is 11.5 Å². The van der Waals surface area contributed by atoms with Crippen LogP contribution in [0.3, 0.4) is 0 Å². The molecule has 0 spiro atoms. The maximum Gasteiger partial charge on any atom is 0.266 e. The minimum atomic E-state index is -0.456. The zero-order valence-electron chi connectivity index (χ0n) is 16.2. The van der Waals surface area contributed by atoms with Gasteiger partial charge in [-0.25, -0.2) is 0 Å². The van der Waals surface area contributed by atoms with Crippen LogP contribution in [0.25, 0.3) is 6.08 Å². The van der Waals surface area contributed by atoms with Crippen molar-refractivity contribution < 1.29 is 24.6 Å². The Hall–Kier alpha value is -3.11. The summed E-state index contributed by atoms with van der Waals surface area (Å²) in [7, 11) is 3.30. The molecule has 1 aliphatic rings. The van der Waals surface area contributed by atoms with Gasteiger partial charge >= 0.3 is 0 Å². The third-order valence-corrected chi connectivity index (χ3v) is 5.91. The molecule has 3 rings (SSSR count). The highest BCUT2D eigenvalue weighted by Gasteiger charge is 2.34. The van der Waals surface area contributed by atoms with E-state index in [1.54, 1.807) is 6.08 Å². The number of thiocarbonyl (C=S) groups is 1. The number of hydrogen-bond acceptors (Lipinski definition) is 7. The number of likely N-dealkylation sites (N-methyl/N-ethyl adjacent to an activating group) is 1. The van der Waals surface area contributed by atoms with E-state index in [1.807, 2.05) is 29.9 Å². The van der Waals surface area contributed by atoms with Gasteiger partial charge in [-0.05, 0) is 36.4 Å². The third kappa shape index (κ3) is 4.55. The number of phenols is 2. The van der Waals surface area contributed by atoms with Gasteiger partial charge in [-0.15, -0.1) is 0 Å². The Morgan fingerprint density at radius 2 is 1.97 bits per heavy atom. The molecule has 2 aromatic rings. The van der Waals surface area contributed by atoms with Crippen LogP contribution in [-0.2, 0) is 16.6 Å². The van der Waals surface area contributed by atoms with Crippen LogP contribution < -0.4 is 0 Å². The van der Waals surface area contributed by atoms with Crippen LogP contribution in [0.2, 0.25) is 0 Å². The monoisotopic (exact) mass is 445 g/mol. The number of aryl methyl sites for hydroxylation is 1. The minimum absolute atomic E-state index is 0.154. The molecule has 1 saturated heterocycles. The SMILES string of the molecule is CN(CC(=O)c1ccc(O)c(O)c1)C(=O)CN1C(=O)C(=Cc2cccn2C)SC1=S. The molecule has 2 N–H and O–H groups in total. The van der Waals surface area contributed by atoms with Gasteiger partial charge in [-0.1, -0.05) is 24.0 Å². The molecule has 1 aromatic heterocycles. The summed E-state index contributed by atoms with van der Waals surface area (Å²) >= 11 is 6.37. The Morgan fingerprint density at radius 3 is 2.60 bits per heavy atom. The standard InChI is InChI=1S/C20H19N3O5S2/c1-21-7-3-4-13(21)9-17-19(28)23(20(29)30-17)11-18(27)22(2)10-16(26)12-5-6-14(24)15(25)8-12/h3-9,24-25H,10-11H2,1-2H3. The number of thioether (sulfide) groups is 1. The summed E-state index contributed by atoms with van der Waals surface area (Å²) in [6, 6.07) is 7.40. The lowest BCUT2D eigenvalue weighted by Gasteiger charge is -2.20. The molecule has 0 radical (unpaired) electrons. The van der Waals surface area contributed by atoms with Gasteiger partial charge in [0.05, 0.1) is 11.4 Å². The molecule has 30 heavy (non-hydrogen) atoms. The summed E-state index contributed by atoms with van der Waals surface area (Å²) in [5, 5.41) is 18.9. The largest absolute Gasteiger partial charge is 0.504 e.